The number of aromatic nitrogens is 2. The number of rotatable bonds is 3. The largest absolute Gasteiger partial charge is 0.444 e. The van der Waals surface area contributed by atoms with Gasteiger partial charge in [0, 0.05) is 26.7 Å². The average molecular weight is 295 g/mol. The molecular formula is C14H25N5O2. The van der Waals surface area contributed by atoms with Gasteiger partial charge in [0.15, 0.2) is 0 Å². The van der Waals surface area contributed by atoms with Crippen LogP contribution < -0.4 is 16.0 Å². The molecule has 118 valence electrons. The maximum atomic E-state index is 11.7. The summed E-state index contributed by atoms with van der Waals surface area (Å²) < 4.78 is 7.03. The van der Waals surface area contributed by atoms with Gasteiger partial charge in [0.05, 0.1) is 11.9 Å². The van der Waals surface area contributed by atoms with Gasteiger partial charge in [-0.15, -0.1) is 0 Å². The van der Waals surface area contributed by atoms with Gasteiger partial charge in [-0.2, -0.15) is 5.10 Å². The predicted octanol–water partition coefficient (Wildman–Crippen LogP) is 1.35. The Morgan fingerprint density at radius 3 is 2.86 bits per heavy atom. The van der Waals surface area contributed by atoms with E-state index in [2.05, 4.69) is 15.3 Å². The lowest BCUT2D eigenvalue weighted by Gasteiger charge is -2.21. The van der Waals surface area contributed by atoms with Gasteiger partial charge < -0.3 is 20.7 Å². The first-order chi connectivity index (χ1) is 9.76. The zero-order valence-corrected chi connectivity index (χ0v) is 13.2. The molecular weight excluding hydrogens is 270 g/mol. The number of nitrogens with zero attached hydrogens (tertiary/aromatic N) is 3. The summed E-state index contributed by atoms with van der Waals surface area (Å²) in [5, 5.41) is 7.00. The van der Waals surface area contributed by atoms with Crippen molar-refractivity contribution in [1.82, 2.24) is 15.1 Å². The summed E-state index contributed by atoms with van der Waals surface area (Å²) in [6.07, 6.45) is 2.32. The van der Waals surface area contributed by atoms with Crippen molar-refractivity contribution in [2.45, 2.75) is 32.8 Å². The van der Waals surface area contributed by atoms with Crippen LogP contribution in [0.2, 0.25) is 0 Å². The first-order valence-electron chi connectivity index (χ1n) is 7.25. The predicted molar refractivity (Wildman–Crippen MR) is 82.2 cm³/mol. The first-order valence-corrected chi connectivity index (χ1v) is 7.25. The zero-order valence-electron chi connectivity index (χ0n) is 13.2. The molecule has 7 nitrogen and oxygen atoms in total. The van der Waals surface area contributed by atoms with Crippen LogP contribution in [0.25, 0.3) is 0 Å². The molecule has 1 saturated heterocycles. The smallest absolute Gasteiger partial charge is 0.407 e. The van der Waals surface area contributed by atoms with Crippen molar-refractivity contribution in [2.75, 3.05) is 30.3 Å². The molecule has 1 aromatic rings. The maximum Gasteiger partial charge on any atom is 0.407 e. The number of nitrogen functional groups attached to an aromatic ring is 1. The highest BCUT2D eigenvalue weighted by molar-refractivity contribution is 5.67. The highest BCUT2D eigenvalue weighted by Gasteiger charge is 2.27. The average Bonchev–Trinajstić information content (AvgIpc) is 2.92. The second-order valence-electron chi connectivity index (χ2n) is 6.53. The number of nitrogens with two attached hydrogens (primary N) is 1. The quantitative estimate of drug-likeness (QED) is 0.879. The number of hydrogen-bond donors (Lipinski definition) is 2. The molecule has 0 saturated carbocycles. The van der Waals surface area contributed by atoms with Crippen molar-refractivity contribution >= 4 is 17.6 Å². The second kappa shape index (κ2) is 5.83. The van der Waals surface area contributed by atoms with Crippen LogP contribution in [-0.4, -0.2) is 41.1 Å². The minimum absolute atomic E-state index is 0.360. The number of hydrogen-bond acceptors (Lipinski definition) is 5. The molecule has 2 heterocycles. The molecule has 1 atom stereocenters. The Labute approximate surface area is 125 Å². The van der Waals surface area contributed by atoms with Crippen LogP contribution in [0.5, 0.6) is 0 Å². The molecule has 0 aliphatic carbocycles. The van der Waals surface area contributed by atoms with Gasteiger partial charge in [-0.3, -0.25) is 4.68 Å². The molecule has 7 heteroatoms. The number of carbonyl (C=O) groups excluding carboxylic acids is 1. The lowest BCUT2D eigenvalue weighted by atomic mass is 10.1. The fourth-order valence-corrected chi connectivity index (χ4v) is 2.57. The SMILES string of the molecule is Cn1ncc(N)c1N1CC[C@@H](CNC(=O)OC(C)(C)C)C1. The highest BCUT2D eigenvalue weighted by atomic mass is 16.6. The van der Waals surface area contributed by atoms with Crippen LogP contribution in [0.1, 0.15) is 27.2 Å². The summed E-state index contributed by atoms with van der Waals surface area (Å²) in [4.78, 5) is 13.9. The number of amides is 1. The number of aryl methyl sites for hydroxylation is 1. The number of carbonyl (C=O) groups is 1. The van der Waals surface area contributed by atoms with E-state index in [-0.39, 0.29) is 6.09 Å². The van der Waals surface area contributed by atoms with Gasteiger partial charge in [-0.05, 0) is 33.1 Å². The summed E-state index contributed by atoms with van der Waals surface area (Å²) in [7, 11) is 1.89. The van der Waals surface area contributed by atoms with Crippen molar-refractivity contribution < 1.29 is 9.53 Å². The van der Waals surface area contributed by atoms with Crippen molar-refractivity contribution in [3.05, 3.63) is 6.20 Å². The van der Waals surface area contributed by atoms with Crippen molar-refractivity contribution in [3.63, 3.8) is 0 Å². The van der Waals surface area contributed by atoms with Gasteiger partial charge in [0.25, 0.3) is 0 Å². The topological polar surface area (TPSA) is 85.4 Å². The van der Waals surface area contributed by atoms with Crippen LogP contribution in [0.3, 0.4) is 0 Å². The van der Waals surface area contributed by atoms with Crippen LogP contribution in [0.4, 0.5) is 16.3 Å². The van der Waals surface area contributed by atoms with Gasteiger partial charge in [0.1, 0.15) is 11.4 Å². The lowest BCUT2D eigenvalue weighted by Crippen LogP contribution is -2.36. The van der Waals surface area contributed by atoms with Crippen molar-refractivity contribution in [2.24, 2.45) is 13.0 Å². The Morgan fingerprint density at radius 2 is 2.29 bits per heavy atom. The molecule has 21 heavy (non-hydrogen) atoms. The molecule has 1 amide bonds. The Kier molecular flexibility index (Phi) is 4.29. The normalized spacial score (nSPS) is 18.9. The van der Waals surface area contributed by atoms with E-state index in [0.29, 0.717) is 18.2 Å². The second-order valence-corrected chi connectivity index (χ2v) is 6.53. The Bertz CT molecular complexity index is 486. The van der Waals surface area contributed by atoms with Gasteiger partial charge in [0.2, 0.25) is 0 Å². The molecule has 0 bridgehead atoms. The standard InChI is InChI=1S/C14H25N5O2/c1-14(2,3)21-13(20)16-7-10-5-6-19(9-10)12-11(15)8-17-18(12)4/h8,10H,5-7,9,15H2,1-4H3,(H,16,20)/t10-/m0/s1. The highest BCUT2D eigenvalue weighted by Crippen LogP contribution is 2.27. The van der Waals surface area contributed by atoms with E-state index >= 15 is 0 Å². The number of nitrogens with one attached hydrogen (secondary N) is 1. The van der Waals surface area contributed by atoms with Crippen LogP contribution >= 0.6 is 0 Å². The van der Waals surface area contributed by atoms with E-state index in [9.17, 15) is 4.79 Å². The van der Waals surface area contributed by atoms with Gasteiger partial charge in [-0.25, -0.2) is 4.79 Å². The summed E-state index contributed by atoms with van der Waals surface area (Å²) in [6.45, 7) is 7.96. The van der Waals surface area contributed by atoms with Gasteiger partial charge in [-0.1, -0.05) is 0 Å². The molecule has 1 aliphatic heterocycles. The van der Waals surface area contributed by atoms with Gasteiger partial charge >= 0.3 is 6.09 Å². The summed E-state index contributed by atoms with van der Waals surface area (Å²) in [5.74, 6) is 1.35. The lowest BCUT2D eigenvalue weighted by molar-refractivity contribution is 0.0520. The fraction of sp³-hybridized carbons (Fsp3) is 0.714. The summed E-state index contributed by atoms with van der Waals surface area (Å²) in [5.41, 5.74) is 6.17. The molecule has 0 radical (unpaired) electrons. The van der Waals surface area contributed by atoms with Crippen LogP contribution in [-0.2, 0) is 11.8 Å². The van der Waals surface area contributed by atoms with Crippen LogP contribution in [0, 0.1) is 5.92 Å². The van der Waals surface area contributed by atoms with E-state index in [1.54, 1.807) is 10.9 Å². The molecule has 1 aliphatic rings. The first kappa shape index (κ1) is 15.5. The Hall–Kier alpha value is -1.92. The molecule has 0 spiro atoms. The van der Waals surface area contributed by atoms with Crippen LogP contribution in [0.15, 0.2) is 6.20 Å². The van der Waals surface area contributed by atoms with E-state index < -0.39 is 5.60 Å². The Morgan fingerprint density at radius 1 is 1.57 bits per heavy atom. The molecule has 1 fully saturated rings. The minimum Gasteiger partial charge on any atom is -0.444 e. The molecule has 0 unspecified atom stereocenters. The molecule has 2 rings (SSSR count). The number of alkyl carbamates (subject to hydrolysis) is 1. The van der Waals surface area contributed by atoms with E-state index in [0.717, 1.165) is 25.3 Å². The number of anilines is 2. The maximum absolute atomic E-state index is 11.7. The Balaban J connectivity index is 1.82. The molecule has 3 N–H and O–H groups in total. The van der Waals surface area contributed by atoms with E-state index in [1.807, 2.05) is 27.8 Å². The van der Waals surface area contributed by atoms with Crippen molar-refractivity contribution in [3.8, 4) is 0 Å². The van der Waals surface area contributed by atoms with E-state index in [4.69, 9.17) is 10.5 Å². The third-order valence-electron chi connectivity index (χ3n) is 3.45. The molecule has 0 aromatic carbocycles. The molecule has 1 aromatic heterocycles. The van der Waals surface area contributed by atoms with Crippen molar-refractivity contribution in [1.29, 1.82) is 0 Å². The van der Waals surface area contributed by atoms with E-state index in [1.165, 1.54) is 0 Å². The fourth-order valence-electron chi connectivity index (χ4n) is 2.57. The zero-order chi connectivity index (χ0) is 15.6. The monoisotopic (exact) mass is 295 g/mol. The summed E-state index contributed by atoms with van der Waals surface area (Å²) in [6, 6.07) is 0. The third kappa shape index (κ3) is 4.03. The number of ether oxygens (including phenoxy) is 1. The summed E-state index contributed by atoms with van der Waals surface area (Å²) >= 11 is 0. The third-order valence-corrected chi connectivity index (χ3v) is 3.45. The minimum atomic E-state index is -0.463.